The smallest absolute Gasteiger partial charge is 0.236 e. The number of methoxy groups -OCH3 is 1. The van der Waals surface area contributed by atoms with Gasteiger partial charge in [0.2, 0.25) is 5.91 Å². The number of aryl methyl sites for hydroxylation is 1. The second-order valence-corrected chi connectivity index (χ2v) is 7.95. The van der Waals surface area contributed by atoms with Crippen molar-refractivity contribution >= 4 is 35.0 Å². The molecule has 0 unspecified atom stereocenters. The van der Waals surface area contributed by atoms with E-state index >= 15 is 0 Å². The topological polar surface area (TPSA) is 96.6 Å². The summed E-state index contributed by atoms with van der Waals surface area (Å²) in [5.74, 6) is 2.77. The molecule has 162 valence electrons. The molecular formula is C21H24N6O3S. The number of para-hydroxylation sites is 2. The number of carbonyl (C=O) groups excluding carboxylic acids is 1. The van der Waals surface area contributed by atoms with Crippen LogP contribution in [-0.2, 0) is 4.79 Å². The Kier molecular flexibility index (Phi) is 6.56. The average molecular weight is 441 g/mol. The molecule has 1 saturated heterocycles. The Morgan fingerprint density at radius 3 is 2.65 bits per heavy atom. The van der Waals surface area contributed by atoms with E-state index < -0.39 is 0 Å². The maximum Gasteiger partial charge on any atom is 0.236 e. The third-order valence-corrected chi connectivity index (χ3v) is 5.86. The number of thioether (sulfide) groups is 1. The first-order valence-corrected chi connectivity index (χ1v) is 10.9. The van der Waals surface area contributed by atoms with Gasteiger partial charge in [0.1, 0.15) is 16.5 Å². The Morgan fingerprint density at radius 2 is 1.90 bits per heavy atom. The van der Waals surface area contributed by atoms with Crippen LogP contribution in [0.15, 0.2) is 52.3 Å². The largest absolute Gasteiger partial charge is 0.495 e. The minimum Gasteiger partial charge on any atom is -0.495 e. The van der Waals surface area contributed by atoms with Crippen molar-refractivity contribution in [3.05, 3.63) is 48.5 Å². The van der Waals surface area contributed by atoms with Gasteiger partial charge in [-0.2, -0.15) is 0 Å². The fourth-order valence-corrected chi connectivity index (χ4v) is 4.21. The molecule has 3 aromatic rings. The number of benzene rings is 1. The van der Waals surface area contributed by atoms with Crippen molar-refractivity contribution in [2.45, 2.75) is 11.9 Å². The number of hydrogen-bond donors (Lipinski definition) is 1. The summed E-state index contributed by atoms with van der Waals surface area (Å²) in [6.07, 6.45) is 3.33. The molecule has 0 atom stereocenters. The molecule has 3 heterocycles. The third-order valence-electron chi connectivity index (χ3n) is 4.89. The first-order valence-electron chi connectivity index (χ1n) is 9.94. The molecule has 0 saturated carbocycles. The van der Waals surface area contributed by atoms with E-state index in [9.17, 15) is 4.79 Å². The van der Waals surface area contributed by atoms with E-state index in [1.54, 1.807) is 32.5 Å². The zero-order valence-electron chi connectivity index (χ0n) is 17.4. The summed E-state index contributed by atoms with van der Waals surface area (Å²) in [7, 11) is 1.69. The van der Waals surface area contributed by atoms with E-state index in [1.807, 2.05) is 18.2 Å². The lowest BCUT2D eigenvalue weighted by Gasteiger charge is -2.37. The number of ether oxygens (including phenoxy) is 1. The zero-order valence-corrected chi connectivity index (χ0v) is 18.3. The first kappa shape index (κ1) is 21.0. The molecule has 1 aliphatic rings. The Morgan fingerprint density at radius 1 is 1.16 bits per heavy atom. The van der Waals surface area contributed by atoms with Crippen molar-refractivity contribution in [2.24, 2.45) is 0 Å². The van der Waals surface area contributed by atoms with E-state index in [0.717, 1.165) is 48.5 Å². The van der Waals surface area contributed by atoms with Crippen LogP contribution in [0.3, 0.4) is 0 Å². The Bertz CT molecular complexity index is 1040. The van der Waals surface area contributed by atoms with Gasteiger partial charge >= 0.3 is 0 Å². The van der Waals surface area contributed by atoms with Crippen LogP contribution in [0.25, 0.3) is 0 Å². The second-order valence-electron chi connectivity index (χ2n) is 6.99. The molecule has 1 fully saturated rings. The molecule has 4 rings (SSSR count). The van der Waals surface area contributed by atoms with Crippen LogP contribution in [0.1, 0.15) is 5.76 Å². The molecule has 10 heteroatoms. The van der Waals surface area contributed by atoms with Crippen molar-refractivity contribution in [1.29, 1.82) is 0 Å². The highest BCUT2D eigenvalue weighted by Crippen LogP contribution is 2.31. The molecule has 31 heavy (non-hydrogen) atoms. The normalized spacial score (nSPS) is 13.9. The number of nitrogens with zero attached hydrogens (tertiary/aromatic N) is 5. The highest BCUT2D eigenvalue weighted by molar-refractivity contribution is 8.00. The second kappa shape index (κ2) is 9.69. The Balaban J connectivity index is 1.37. The van der Waals surface area contributed by atoms with Gasteiger partial charge in [-0.3, -0.25) is 4.79 Å². The van der Waals surface area contributed by atoms with Crippen LogP contribution in [0, 0.1) is 6.92 Å². The summed E-state index contributed by atoms with van der Waals surface area (Å²) in [5.41, 5.74) is 1.10. The number of anilines is 3. The molecule has 1 aromatic carbocycles. The molecular weight excluding hydrogens is 416 g/mol. The standard InChI is InChI=1S/C21H24N6O3S/c1-15-13-18(25-30-15)24-19(28)14-31-21-20(22-7-8-23-21)27-11-9-26(10-12-27)16-5-3-4-6-17(16)29-2/h3-8,13H,9-12,14H2,1-2H3,(H,24,25,28). The van der Waals surface area contributed by atoms with Crippen molar-refractivity contribution in [3.8, 4) is 5.75 Å². The van der Waals surface area contributed by atoms with Gasteiger partial charge in [0.05, 0.1) is 18.6 Å². The number of piperazine rings is 1. The molecule has 0 radical (unpaired) electrons. The molecule has 9 nitrogen and oxygen atoms in total. The van der Waals surface area contributed by atoms with Crippen molar-refractivity contribution < 1.29 is 14.1 Å². The van der Waals surface area contributed by atoms with Crippen LogP contribution in [0.4, 0.5) is 17.3 Å². The van der Waals surface area contributed by atoms with E-state index in [2.05, 4.69) is 36.3 Å². The first-order chi connectivity index (χ1) is 15.1. The van der Waals surface area contributed by atoms with E-state index in [-0.39, 0.29) is 11.7 Å². The van der Waals surface area contributed by atoms with Crippen LogP contribution in [0.2, 0.25) is 0 Å². The predicted octanol–water partition coefficient (Wildman–Crippen LogP) is 2.84. The minimum absolute atomic E-state index is 0.170. The summed E-state index contributed by atoms with van der Waals surface area (Å²) in [5, 5.41) is 7.24. The molecule has 1 N–H and O–H groups in total. The number of carbonyl (C=O) groups is 1. The lowest BCUT2D eigenvalue weighted by Crippen LogP contribution is -2.47. The minimum atomic E-state index is -0.170. The van der Waals surface area contributed by atoms with Gasteiger partial charge in [0.25, 0.3) is 0 Å². The highest BCUT2D eigenvalue weighted by Gasteiger charge is 2.23. The summed E-state index contributed by atoms with van der Waals surface area (Å²) in [6.45, 7) is 5.06. The molecule has 1 amide bonds. The molecule has 2 aromatic heterocycles. The lowest BCUT2D eigenvalue weighted by molar-refractivity contribution is -0.113. The summed E-state index contributed by atoms with van der Waals surface area (Å²) >= 11 is 1.36. The fraction of sp³-hybridized carbons (Fsp3) is 0.333. The van der Waals surface area contributed by atoms with Gasteiger partial charge in [-0.1, -0.05) is 29.1 Å². The van der Waals surface area contributed by atoms with E-state index in [0.29, 0.717) is 11.6 Å². The molecule has 0 aliphatic carbocycles. The zero-order chi connectivity index (χ0) is 21.6. The van der Waals surface area contributed by atoms with Crippen LogP contribution in [-0.4, -0.2) is 60.1 Å². The number of aromatic nitrogens is 3. The summed E-state index contributed by atoms with van der Waals surface area (Å²) in [4.78, 5) is 25.8. The van der Waals surface area contributed by atoms with Gasteiger partial charge in [-0.25, -0.2) is 9.97 Å². The average Bonchev–Trinajstić information content (AvgIpc) is 3.22. The number of nitrogens with one attached hydrogen (secondary N) is 1. The Labute approximate surface area is 184 Å². The maximum atomic E-state index is 12.2. The van der Waals surface area contributed by atoms with Crippen LogP contribution in [0.5, 0.6) is 5.75 Å². The maximum absolute atomic E-state index is 12.2. The van der Waals surface area contributed by atoms with Gasteiger partial charge in [0.15, 0.2) is 11.6 Å². The monoisotopic (exact) mass is 440 g/mol. The van der Waals surface area contributed by atoms with E-state index in [4.69, 9.17) is 9.26 Å². The number of amides is 1. The number of rotatable bonds is 7. The lowest BCUT2D eigenvalue weighted by atomic mass is 10.2. The van der Waals surface area contributed by atoms with Gasteiger partial charge in [-0.15, -0.1) is 0 Å². The van der Waals surface area contributed by atoms with Crippen LogP contribution < -0.4 is 19.9 Å². The van der Waals surface area contributed by atoms with Gasteiger partial charge in [-0.05, 0) is 19.1 Å². The summed E-state index contributed by atoms with van der Waals surface area (Å²) in [6, 6.07) is 9.73. The summed E-state index contributed by atoms with van der Waals surface area (Å²) < 4.78 is 10.5. The van der Waals surface area contributed by atoms with E-state index in [1.165, 1.54) is 11.8 Å². The fourth-order valence-electron chi connectivity index (χ4n) is 3.42. The van der Waals surface area contributed by atoms with Gasteiger partial charge < -0.3 is 24.4 Å². The molecule has 1 aliphatic heterocycles. The quantitative estimate of drug-likeness (QED) is 0.556. The molecule has 0 bridgehead atoms. The SMILES string of the molecule is COc1ccccc1N1CCN(c2nccnc2SCC(=O)Nc2cc(C)on2)CC1. The van der Waals surface area contributed by atoms with Crippen LogP contribution >= 0.6 is 11.8 Å². The molecule has 0 spiro atoms. The third kappa shape index (κ3) is 5.08. The Hall–Kier alpha value is -3.27. The predicted molar refractivity (Wildman–Crippen MR) is 120 cm³/mol. The number of hydrogen-bond acceptors (Lipinski definition) is 9. The van der Waals surface area contributed by atoms with Gasteiger partial charge in [0, 0.05) is 44.6 Å². The highest BCUT2D eigenvalue weighted by atomic mass is 32.2. The van der Waals surface area contributed by atoms with Crippen molar-refractivity contribution in [3.63, 3.8) is 0 Å². The van der Waals surface area contributed by atoms with Crippen molar-refractivity contribution in [1.82, 2.24) is 15.1 Å². The van der Waals surface area contributed by atoms with Crippen molar-refractivity contribution in [2.75, 3.05) is 54.2 Å².